The highest BCUT2D eigenvalue weighted by molar-refractivity contribution is 5.68. The maximum absolute atomic E-state index is 6.18. The van der Waals surface area contributed by atoms with Crippen LogP contribution in [-0.2, 0) is 0 Å². The van der Waals surface area contributed by atoms with Gasteiger partial charge in [-0.3, -0.25) is 0 Å². The van der Waals surface area contributed by atoms with E-state index in [1.54, 1.807) is 0 Å². The molecule has 0 fully saturated rings. The van der Waals surface area contributed by atoms with Gasteiger partial charge >= 0.3 is 0 Å². The second kappa shape index (κ2) is 7.25. The predicted octanol–water partition coefficient (Wildman–Crippen LogP) is 4.93. The van der Waals surface area contributed by atoms with Crippen molar-refractivity contribution in [1.29, 1.82) is 0 Å². The fourth-order valence-electron chi connectivity index (χ4n) is 2.71. The molecule has 0 bridgehead atoms. The number of aromatic amines is 1. The highest BCUT2D eigenvalue weighted by Crippen LogP contribution is 2.25. The molecule has 3 rings (SSSR count). The van der Waals surface area contributed by atoms with Gasteiger partial charge in [-0.2, -0.15) is 0 Å². The van der Waals surface area contributed by atoms with Gasteiger partial charge in [0.25, 0.3) is 0 Å². The first kappa shape index (κ1) is 15.5. The lowest BCUT2D eigenvalue weighted by Gasteiger charge is -2.07. The van der Waals surface area contributed by atoms with Gasteiger partial charge in [0.2, 0.25) is 0 Å². The maximum Gasteiger partial charge on any atom is 0.123 e. The normalized spacial score (nSPS) is 12.3. The summed E-state index contributed by atoms with van der Waals surface area (Å²) in [6.07, 6.45) is 5.13. The summed E-state index contributed by atoms with van der Waals surface area (Å²) < 4.78 is 0. The first-order chi connectivity index (χ1) is 11.3. The SMILES string of the molecule is CCCCC(N)c1ncc(-c2ccc(-c3ccccc3)cc2)[nH]1. The van der Waals surface area contributed by atoms with Crippen LogP contribution < -0.4 is 5.73 Å². The van der Waals surface area contributed by atoms with E-state index in [0.717, 1.165) is 36.3 Å². The Labute approximate surface area is 137 Å². The molecule has 0 saturated carbocycles. The van der Waals surface area contributed by atoms with Gasteiger partial charge in [-0.05, 0) is 23.1 Å². The van der Waals surface area contributed by atoms with Crippen LogP contribution in [0, 0.1) is 0 Å². The first-order valence-corrected chi connectivity index (χ1v) is 8.24. The zero-order valence-corrected chi connectivity index (χ0v) is 13.5. The highest BCUT2D eigenvalue weighted by Gasteiger charge is 2.10. The van der Waals surface area contributed by atoms with Crippen molar-refractivity contribution >= 4 is 0 Å². The van der Waals surface area contributed by atoms with E-state index in [4.69, 9.17) is 5.73 Å². The van der Waals surface area contributed by atoms with Crippen LogP contribution in [-0.4, -0.2) is 9.97 Å². The Hall–Kier alpha value is -2.39. The average Bonchev–Trinajstić information content (AvgIpc) is 3.11. The Morgan fingerprint density at radius 2 is 1.61 bits per heavy atom. The lowest BCUT2D eigenvalue weighted by molar-refractivity contribution is 0.580. The molecule has 0 spiro atoms. The van der Waals surface area contributed by atoms with Crippen LogP contribution in [0.3, 0.4) is 0 Å². The number of rotatable bonds is 6. The van der Waals surface area contributed by atoms with Crippen molar-refractivity contribution in [1.82, 2.24) is 9.97 Å². The van der Waals surface area contributed by atoms with Gasteiger partial charge in [0.15, 0.2) is 0 Å². The first-order valence-electron chi connectivity index (χ1n) is 8.24. The van der Waals surface area contributed by atoms with Crippen LogP contribution in [0.2, 0.25) is 0 Å². The summed E-state index contributed by atoms with van der Waals surface area (Å²) in [4.78, 5) is 7.81. The topological polar surface area (TPSA) is 54.7 Å². The van der Waals surface area contributed by atoms with Crippen molar-refractivity contribution in [2.24, 2.45) is 5.73 Å². The van der Waals surface area contributed by atoms with Gasteiger partial charge in [-0.15, -0.1) is 0 Å². The largest absolute Gasteiger partial charge is 0.341 e. The molecule has 1 unspecified atom stereocenters. The van der Waals surface area contributed by atoms with Crippen LogP contribution in [0.5, 0.6) is 0 Å². The van der Waals surface area contributed by atoms with Crippen LogP contribution in [0.25, 0.3) is 22.4 Å². The Kier molecular flexibility index (Phi) is 4.89. The molecule has 1 heterocycles. The third-order valence-corrected chi connectivity index (χ3v) is 4.12. The van der Waals surface area contributed by atoms with Gasteiger partial charge in [-0.1, -0.05) is 74.4 Å². The number of aromatic nitrogens is 2. The number of hydrogen-bond acceptors (Lipinski definition) is 2. The minimum atomic E-state index is -0.00714. The van der Waals surface area contributed by atoms with Crippen LogP contribution in [0.4, 0.5) is 0 Å². The third-order valence-electron chi connectivity index (χ3n) is 4.12. The van der Waals surface area contributed by atoms with E-state index in [1.165, 1.54) is 11.1 Å². The molecule has 1 aromatic heterocycles. The smallest absolute Gasteiger partial charge is 0.123 e. The van der Waals surface area contributed by atoms with E-state index >= 15 is 0 Å². The molecule has 0 aliphatic rings. The Bertz CT molecular complexity index is 729. The summed E-state index contributed by atoms with van der Waals surface area (Å²) in [6.45, 7) is 2.18. The van der Waals surface area contributed by atoms with Crippen molar-refractivity contribution < 1.29 is 0 Å². The quantitative estimate of drug-likeness (QED) is 0.678. The van der Waals surface area contributed by atoms with E-state index in [2.05, 4.69) is 65.4 Å². The van der Waals surface area contributed by atoms with Crippen molar-refractivity contribution in [3.05, 3.63) is 66.6 Å². The molecule has 2 aromatic carbocycles. The molecule has 1 atom stereocenters. The Morgan fingerprint density at radius 3 is 2.30 bits per heavy atom. The second-order valence-corrected chi connectivity index (χ2v) is 5.87. The maximum atomic E-state index is 6.18. The number of nitrogens with two attached hydrogens (primary N) is 1. The molecular weight excluding hydrogens is 282 g/mol. The molecule has 0 amide bonds. The number of nitrogens with one attached hydrogen (secondary N) is 1. The standard InChI is InChI=1S/C20H23N3/c1-2-3-9-18(21)20-22-14-19(23-20)17-12-10-16(11-13-17)15-7-5-4-6-8-15/h4-8,10-14,18H,2-3,9,21H2,1H3,(H,22,23). The molecule has 0 aliphatic heterocycles. The van der Waals surface area contributed by atoms with E-state index in [9.17, 15) is 0 Å². The molecular formula is C20H23N3. The zero-order valence-electron chi connectivity index (χ0n) is 13.5. The third kappa shape index (κ3) is 3.69. The molecule has 3 aromatic rings. The summed E-state index contributed by atoms with van der Waals surface area (Å²) in [5.41, 5.74) is 10.8. The highest BCUT2D eigenvalue weighted by atomic mass is 15.0. The monoisotopic (exact) mass is 305 g/mol. The summed E-state index contributed by atoms with van der Waals surface area (Å²) in [7, 11) is 0. The van der Waals surface area contributed by atoms with Crippen LogP contribution in [0.1, 0.15) is 38.1 Å². The fraction of sp³-hybridized carbons (Fsp3) is 0.250. The average molecular weight is 305 g/mol. The van der Waals surface area contributed by atoms with E-state index in [0.29, 0.717) is 0 Å². The number of imidazole rings is 1. The predicted molar refractivity (Wildman–Crippen MR) is 95.9 cm³/mol. The molecule has 23 heavy (non-hydrogen) atoms. The lowest BCUT2D eigenvalue weighted by Crippen LogP contribution is -2.11. The van der Waals surface area contributed by atoms with Crippen molar-refractivity contribution in [2.45, 2.75) is 32.2 Å². The van der Waals surface area contributed by atoms with E-state index in [-0.39, 0.29) is 6.04 Å². The van der Waals surface area contributed by atoms with E-state index in [1.807, 2.05) is 12.3 Å². The fourth-order valence-corrected chi connectivity index (χ4v) is 2.71. The van der Waals surface area contributed by atoms with Gasteiger partial charge in [-0.25, -0.2) is 4.98 Å². The van der Waals surface area contributed by atoms with Gasteiger partial charge in [0.1, 0.15) is 5.82 Å². The number of nitrogens with zero attached hydrogens (tertiary/aromatic N) is 1. The molecule has 3 heteroatoms. The minimum Gasteiger partial charge on any atom is -0.341 e. The minimum absolute atomic E-state index is 0.00714. The molecule has 3 nitrogen and oxygen atoms in total. The van der Waals surface area contributed by atoms with Crippen molar-refractivity contribution in [3.8, 4) is 22.4 Å². The summed E-state index contributed by atoms with van der Waals surface area (Å²) in [5, 5.41) is 0. The Morgan fingerprint density at radius 1 is 0.957 bits per heavy atom. The summed E-state index contributed by atoms with van der Waals surface area (Å²) >= 11 is 0. The molecule has 0 saturated heterocycles. The van der Waals surface area contributed by atoms with Crippen molar-refractivity contribution in [2.75, 3.05) is 0 Å². The molecule has 0 radical (unpaired) electrons. The zero-order chi connectivity index (χ0) is 16.1. The van der Waals surface area contributed by atoms with Crippen molar-refractivity contribution in [3.63, 3.8) is 0 Å². The number of H-pyrrole nitrogens is 1. The van der Waals surface area contributed by atoms with Gasteiger partial charge in [0, 0.05) is 0 Å². The number of benzene rings is 2. The lowest BCUT2D eigenvalue weighted by atomic mass is 10.0. The van der Waals surface area contributed by atoms with Crippen LogP contribution in [0.15, 0.2) is 60.8 Å². The van der Waals surface area contributed by atoms with E-state index < -0.39 is 0 Å². The molecule has 118 valence electrons. The molecule has 3 N–H and O–H groups in total. The summed E-state index contributed by atoms with van der Waals surface area (Å²) in [6, 6.07) is 18.9. The van der Waals surface area contributed by atoms with Crippen LogP contribution >= 0.6 is 0 Å². The number of unbranched alkanes of at least 4 members (excludes halogenated alkanes) is 1. The summed E-state index contributed by atoms with van der Waals surface area (Å²) in [5.74, 6) is 0.876. The molecule has 0 aliphatic carbocycles. The second-order valence-electron chi connectivity index (χ2n) is 5.87. The Balaban J connectivity index is 1.76. The van der Waals surface area contributed by atoms with Gasteiger partial charge in [0.05, 0.1) is 17.9 Å². The van der Waals surface area contributed by atoms with Gasteiger partial charge < -0.3 is 10.7 Å². The number of hydrogen-bond donors (Lipinski definition) is 2.